The van der Waals surface area contributed by atoms with Gasteiger partial charge in [-0.3, -0.25) is 0 Å². The minimum absolute atomic E-state index is 0.171. The molecule has 0 unspecified atom stereocenters. The van der Waals surface area contributed by atoms with Crippen LogP contribution in [0.5, 0.6) is 0 Å². The summed E-state index contributed by atoms with van der Waals surface area (Å²) in [6.07, 6.45) is 0. The Kier molecular flexibility index (Phi) is 2.00. The summed E-state index contributed by atoms with van der Waals surface area (Å²) in [7, 11) is 0. The number of carboxylic acid groups (broad SMARTS) is 1. The number of benzene rings is 1. The maximum atomic E-state index is 13.3. The average Bonchev–Trinajstić information content (AvgIpc) is 2.47. The number of thiophene rings is 1. The van der Waals surface area contributed by atoms with Crippen molar-refractivity contribution in [3.8, 4) is 0 Å². The van der Waals surface area contributed by atoms with Crippen molar-refractivity contribution in [1.82, 2.24) is 0 Å². The van der Waals surface area contributed by atoms with Gasteiger partial charge in [-0.25, -0.2) is 9.18 Å². The van der Waals surface area contributed by atoms with Gasteiger partial charge in [-0.1, -0.05) is 0 Å². The molecule has 0 atom stereocenters. The largest absolute Gasteiger partial charge is 0.477 e. The Bertz CT molecular complexity index is 516. The Labute approximate surface area is 83.6 Å². The van der Waals surface area contributed by atoms with Crippen molar-refractivity contribution in [2.45, 2.75) is 6.92 Å². The summed E-state index contributed by atoms with van der Waals surface area (Å²) in [5.41, 5.74) is 0.800. The smallest absolute Gasteiger partial charge is 0.345 e. The topological polar surface area (TPSA) is 37.3 Å². The summed E-state index contributed by atoms with van der Waals surface area (Å²) in [6.45, 7) is 1.78. The summed E-state index contributed by atoms with van der Waals surface area (Å²) in [6, 6.07) is 4.56. The summed E-state index contributed by atoms with van der Waals surface area (Å²) in [5, 5.41) is 9.12. The second kappa shape index (κ2) is 3.06. The minimum atomic E-state index is -1.01. The number of hydrogen-bond acceptors (Lipinski definition) is 2. The fourth-order valence-electron chi connectivity index (χ4n) is 1.33. The highest BCUT2D eigenvalue weighted by molar-refractivity contribution is 7.20. The van der Waals surface area contributed by atoms with Crippen LogP contribution in [-0.4, -0.2) is 11.1 Å². The van der Waals surface area contributed by atoms with Crippen molar-refractivity contribution < 1.29 is 14.3 Å². The molecule has 0 bridgehead atoms. The number of fused-ring (bicyclic) bond motifs is 1. The number of hydrogen-bond donors (Lipinski definition) is 1. The molecule has 2 nitrogen and oxygen atoms in total. The van der Waals surface area contributed by atoms with Gasteiger partial charge in [0.2, 0.25) is 0 Å². The molecule has 1 aromatic carbocycles. The zero-order chi connectivity index (χ0) is 10.3. The van der Waals surface area contributed by atoms with Crippen LogP contribution in [0.2, 0.25) is 0 Å². The minimum Gasteiger partial charge on any atom is -0.477 e. The van der Waals surface area contributed by atoms with E-state index in [9.17, 15) is 9.18 Å². The van der Waals surface area contributed by atoms with E-state index in [1.807, 2.05) is 0 Å². The van der Waals surface area contributed by atoms with Crippen LogP contribution in [-0.2, 0) is 0 Å². The maximum Gasteiger partial charge on any atom is 0.345 e. The zero-order valence-corrected chi connectivity index (χ0v) is 8.19. The summed E-state index contributed by atoms with van der Waals surface area (Å²) in [5.74, 6) is -1.37. The third-order valence-corrected chi connectivity index (χ3v) is 3.01. The van der Waals surface area contributed by atoms with E-state index in [2.05, 4.69) is 0 Å². The van der Waals surface area contributed by atoms with E-state index < -0.39 is 5.97 Å². The van der Waals surface area contributed by atoms with Crippen LogP contribution in [0.1, 0.15) is 15.2 Å². The molecule has 0 aliphatic rings. The van der Waals surface area contributed by atoms with Gasteiger partial charge in [0, 0.05) is 10.1 Å². The lowest BCUT2D eigenvalue weighted by Gasteiger charge is -1.93. The number of carbonyl (C=O) groups is 1. The quantitative estimate of drug-likeness (QED) is 0.785. The van der Waals surface area contributed by atoms with Gasteiger partial charge in [0.1, 0.15) is 10.7 Å². The highest BCUT2D eigenvalue weighted by Crippen LogP contribution is 2.28. The Morgan fingerprint density at radius 3 is 2.79 bits per heavy atom. The number of halogens is 1. The number of carboxylic acids is 1. The zero-order valence-electron chi connectivity index (χ0n) is 7.37. The second-order valence-corrected chi connectivity index (χ2v) is 4.16. The summed E-state index contributed by atoms with van der Waals surface area (Å²) >= 11 is 1.09. The first-order valence-corrected chi connectivity index (χ1v) is 4.82. The van der Waals surface area contributed by atoms with Crippen molar-refractivity contribution in [1.29, 1.82) is 0 Å². The Hall–Kier alpha value is -1.42. The molecule has 0 fully saturated rings. The van der Waals surface area contributed by atoms with Gasteiger partial charge < -0.3 is 5.11 Å². The molecule has 1 heterocycles. The SMILES string of the molecule is Cc1cc(F)c2cc(C(=O)O)sc2c1. The maximum absolute atomic E-state index is 13.3. The van der Waals surface area contributed by atoms with Crippen LogP contribution in [0, 0.1) is 12.7 Å². The number of aromatic carboxylic acids is 1. The average molecular weight is 210 g/mol. The van der Waals surface area contributed by atoms with Crippen molar-refractivity contribution >= 4 is 27.4 Å². The predicted molar refractivity (Wildman–Crippen MR) is 53.5 cm³/mol. The van der Waals surface area contributed by atoms with Gasteiger partial charge in [0.25, 0.3) is 0 Å². The molecule has 1 N–H and O–H groups in total. The van der Waals surface area contributed by atoms with E-state index in [1.54, 1.807) is 13.0 Å². The van der Waals surface area contributed by atoms with Crippen LogP contribution >= 0.6 is 11.3 Å². The van der Waals surface area contributed by atoms with Gasteiger partial charge in [0.05, 0.1) is 0 Å². The highest BCUT2D eigenvalue weighted by Gasteiger charge is 2.11. The van der Waals surface area contributed by atoms with Crippen molar-refractivity contribution in [2.24, 2.45) is 0 Å². The van der Waals surface area contributed by atoms with E-state index in [0.29, 0.717) is 10.1 Å². The standard InChI is InChI=1S/C10H7FO2S/c1-5-2-7(11)6-4-9(10(12)13)14-8(6)3-5/h2-4H,1H3,(H,12,13). The molecule has 0 radical (unpaired) electrons. The monoisotopic (exact) mass is 210 g/mol. The van der Waals surface area contributed by atoms with E-state index >= 15 is 0 Å². The van der Waals surface area contributed by atoms with E-state index in [-0.39, 0.29) is 10.7 Å². The molecular weight excluding hydrogens is 203 g/mol. The molecule has 0 amide bonds. The lowest BCUT2D eigenvalue weighted by atomic mass is 10.2. The third kappa shape index (κ3) is 1.37. The second-order valence-electron chi connectivity index (χ2n) is 3.07. The van der Waals surface area contributed by atoms with Gasteiger partial charge in [-0.15, -0.1) is 11.3 Å². The highest BCUT2D eigenvalue weighted by atomic mass is 32.1. The van der Waals surface area contributed by atoms with Crippen molar-refractivity contribution in [3.63, 3.8) is 0 Å². The lowest BCUT2D eigenvalue weighted by Crippen LogP contribution is -1.89. The fraction of sp³-hybridized carbons (Fsp3) is 0.100. The molecular formula is C10H7FO2S. The fourth-order valence-corrected chi connectivity index (χ4v) is 2.34. The van der Waals surface area contributed by atoms with Gasteiger partial charge in [-0.2, -0.15) is 0 Å². The molecule has 0 saturated carbocycles. The Balaban J connectivity index is 2.76. The Morgan fingerprint density at radius 1 is 1.43 bits per heavy atom. The van der Waals surface area contributed by atoms with Crippen LogP contribution in [0.15, 0.2) is 18.2 Å². The van der Waals surface area contributed by atoms with E-state index in [0.717, 1.165) is 16.9 Å². The summed E-state index contributed by atoms with van der Waals surface area (Å²) < 4.78 is 14.0. The molecule has 0 saturated heterocycles. The first-order chi connectivity index (χ1) is 6.58. The van der Waals surface area contributed by atoms with E-state index in [1.165, 1.54) is 12.1 Å². The molecule has 0 spiro atoms. The summed E-state index contributed by atoms with van der Waals surface area (Å²) in [4.78, 5) is 10.8. The van der Waals surface area contributed by atoms with Gasteiger partial charge in [0.15, 0.2) is 0 Å². The molecule has 14 heavy (non-hydrogen) atoms. The molecule has 0 aliphatic heterocycles. The third-order valence-electron chi connectivity index (χ3n) is 1.94. The number of aryl methyl sites for hydroxylation is 1. The van der Waals surface area contributed by atoms with Crippen molar-refractivity contribution in [3.05, 3.63) is 34.5 Å². The van der Waals surface area contributed by atoms with E-state index in [4.69, 9.17) is 5.11 Å². The Morgan fingerprint density at radius 2 is 2.14 bits per heavy atom. The molecule has 2 aromatic rings. The van der Waals surface area contributed by atoms with Crippen LogP contribution in [0.25, 0.3) is 10.1 Å². The number of rotatable bonds is 1. The van der Waals surface area contributed by atoms with Crippen LogP contribution in [0.4, 0.5) is 4.39 Å². The lowest BCUT2D eigenvalue weighted by molar-refractivity contribution is 0.0702. The molecule has 72 valence electrons. The van der Waals surface area contributed by atoms with Crippen LogP contribution < -0.4 is 0 Å². The molecule has 4 heteroatoms. The first-order valence-electron chi connectivity index (χ1n) is 4.01. The normalized spacial score (nSPS) is 10.7. The van der Waals surface area contributed by atoms with Crippen molar-refractivity contribution in [2.75, 3.05) is 0 Å². The van der Waals surface area contributed by atoms with Gasteiger partial charge >= 0.3 is 5.97 Å². The molecule has 0 aliphatic carbocycles. The first kappa shape index (κ1) is 9.15. The molecule has 2 rings (SSSR count). The van der Waals surface area contributed by atoms with Crippen LogP contribution in [0.3, 0.4) is 0 Å². The predicted octanol–water partition coefficient (Wildman–Crippen LogP) is 3.05. The van der Waals surface area contributed by atoms with Gasteiger partial charge in [-0.05, 0) is 30.7 Å². The molecule has 1 aromatic heterocycles.